The van der Waals surface area contributed by atoms with Gasteiger partial charge in [0.15, 0.2) is 0 Å². The molecule has 3 N–H and O–H groups in total. The highest BCUT2D eigenvalue weighted by Gasteiger charge is 2.69. The van der Waals surface area contributed by atoms with Crippen molar-refractivity contribution in [3.63, 3.8) is 0 Å². The molecule has 2 heterocycles. The predicted molar refractivity (Wildman–Crippen MR) is 125 cm³/mol. The summed E-state index contributed by atoms with van der Waals surface area (Å²) in [4.78, 5) is 64.4. The summed E-state index contributed by atoms with van der Waals surface area (Å²) in [6, 6.07) is -2.40. The van der Waals surface area contributed by atoms with Crippen molar-refractivity contribution in [2.45, 2.75) is 64.7 Å². The molecule has 3 aliphatic rings. The molecule has 14 heteroatoms. The van der Waals surface area contributed by atoms with Gasteiger partial charge < -0.3 is 15.5 Å². The van der Waals surface area contributed by atoms with E-state index in [2.05, 4.69) is 16.1 Å². The number of fused-ring (bicyclic) bond motifs is 1. The Morgan fingerprint density at radius 3 is 2.41 bits per heavy atom. The molecule has 2 aliphatic heterocycles. The van der Waals surface area contributed by atoms with E-state index in [-0.39, 0.29) is 36.2 Å². The van der Waals surface area contributed by atoms with Crippen molar-refractivity contribution in [1.29, 1.82) is 0 Å². The third-order valence-corrected chi connectivity index (χ3v) is 8.19. The fourth-order valence-corrected chi connectivity index (χ4v) is 5.56. The molecule has 0 aromatic heterocycles. The first-order chi connectivity index (χ1) is 17.2. The SMILES string of the molecule is CC[C@@H](C)[C@H](NC(=O)C(F)F)C(=O)N1C[C@H]2[C@@H]([C@H]1C(=O)NN(C[C@@H]1CCNC1=O)C(=O)[C@H](F)Cl)C2(C)C. The Morgan fingerprint density at radius 1 is 1.24 bits per heavy atom. The van der Waals surface area contributed by atoms with Gasteiger partial charge in [-0.25, -0.2) is 9.40 Å². The van der Waals surface area contributed by atoms with Crippen molar-refractivity contribution < 1.29 is 37.1 Å². The first kappa shape index (κ1) is 29.0. The van der Waals surface area contributed by atoms with E-state index in [4.69, 9.17) is 11.6 Å². The van der Waals surface area contributed by atoms with Gasteiger partial charge in [0.05, 0.1) is 12.5 Å². The van der Waals surface area contributed by atoms with E-state index in [0.29, 0.717) is 24.4 Å². The molecule has 7 atom stereocenters. The van der Waals surface area contributed by atoms with Crippen LogP contribution in [0.1, 0.15) is 40.5 Å². The van der Waals surface area contributed by atoms with Crippen LogP contribution in [0.5, 0.6) is 0 Å². The molecule has 0 unspecified atom stereocenters. The van der Waals surface area contributed by atoms with Crippen LogP contribution in [0.2, 0.25) is 0 Å². The second kappa shape index (κ2) is 11.0. The fourth-order valence-electron chi connectivity index (χ4n) is 5.44. The van der Waals surface area contributed by atoms with Gasteiger partial charge in [0.2, 0.25) is 11.8 Å². The first-order valence-electron chi connectivity index (χ1n) is 12.3. The summed E-state index contributed by atoms with van der Waals surface area (Å²) in [5, 5.41) is 5.34. The van der Waals surface area contributed by atoms with Gasteiger partial charge in [0.1, 0.15) is 12.1 Å². The van der Waals surface area contributed by atoms with Crippen LogP contribution in [-0.4, -0.2) is 83.2 Å². The number of carbonyl (C=O) groups is 5. The van der Waals surface area contributed by atoms with Gasteiger partial charge in [-0.2, -0.15) is 8.78 Å². The highest BCUT2D eigenvalue weighted by Crippen LogP contribution is 2.65. The minimum absolute atomic E-state index is 0.0812. The molecule has 5 amide bonds. The van der Waals surface area contributed by atoms with Crippen LogP contribution >= 0.6 is 11.6 Å². The third-order valence-electron chi connectivity index (χ3n) is 8.00. The van der Waals surface area contributed by atoms with E-state index in [0.717, 1.165) is 0 Å². The molecule has 0 bridgehead atoms. The average molecular weight is 552 g/mol. The minimum Gasteiger partial charge on any atom is -0.356 e. The van der Waals surface area contributed by atoms with Gasteiger partial charge in [-0.15, -0.1) is 0 Å². The van der Waals surface area contributed by atoms with E-state index in [1.165, 1.54) is 4.90 Å². The highest BCUT2D eigenvalue weighted by molar-refractivity contribution is 6.29. The number of nitrogens with one attached hydrogen (secondary N) is 3. The highest BCUT2D eigenvalue weighted by atomic mass is 35.5. The van der Waals surface area contributed by atoms with Gasteiger partial charge >= 0.3 is 6.43 Å². The molecule has 10 nitrogen and oxygen atoms in total. The molecule has 0 radical (unpaired) electrons. The second-order valence-electron chi connectivity index (χ2n) is 10.6. The van der Waals surface area contributed by atoms with Gasteiger partial charge in [-0.1, -0.05) is 45.7 Å². The number of hydrogen-bond acceptors (Lipinski definition) is 5. The Morgan fingerprint density at radius 2 is 1.89 bits per heavy atom. The first-order valence-corrected chi connectivity index (χ1v) is 12.7. The minimum atomic E-state index is -3.32. The lowest BCUT2D eigenvalue weighted by Gasteiger charge is -2.36. The van der Waals surface area contributed by atoms with Crippen molar-refractivity contribution in [1.82, 2.24) is 26.0 Å². The van der Waals surface area contributed by atoms with Crippen LogP contribution in [0.4, 0.5) is 13.2 Å². The number of piperidine rings is 1. The summed E-state index contributed by atoms with van der Waals surface area (Å²) in [6.07, 6.45) is -2.56. The molecule has 0 aromatic carbocycles. The van der Waals surface area contributed by atoms with E-state index in [9.17, 15) is 37.1 Å². The number of alkyl halides is 4. The normalized spacial score (nSPS) is 28.1. The number of hydrazine groups is 1. The Bertz CT molecular complexity index is 952. The number of halogens is 4. The molecule has 1 aliphatic carbocycles. The number of carbonyl (C=O) groups excluding carboxylic acids is 5. The van der Waals surface area contributed by atoms with Crippen LogP contribution in [0.25, 0.3) is 0 Å². The molecule has 37 heavy (non-hydrogen) atoms. The molecule has 0 spiro atoms. The average Bonchev–Trinajstić information content (AvgIpc) is 3.19. The van der Waals surface area contributed by atoms with Gasteiger partial charge in [-0.05, 0) is 29.6 Å². The largest absolute Gasteiger partial charge is 0.356 e. The summed E-state index contributed by atoms with van der Waals surface area (Å²) >= 11 is 5.34. The Balaban J connectivity index is 1.85. The van der Waals surface area contributed by atoms with Crippen LogP contribution in [0.3, 0.4) is 0 Å². The summed E-state index contributed by atoms with van der Waals surface area (Å²) in [7, 11) is 0. The molecule has 0 aromatic rings. The second-order valence-corrected chi connectivity index (χ2v) is 10.9. The van der Waals surface area contributed by atoms with Crippen LogP contribution in [0.15, 0.2) is 0 Å². The lowest BCUT2D eigenvalue weighted by atomic mass is 9.95. The third kappa shape index (κ3) is 5.80. The molecule has 208 valence electrons. The maximum atomic E-state index is 13.7. The zero-order valence-electron chi connectivity index (χ0n) is 21.1. The quantitative estimate of drug-likeness (QED) is 0.288. The standard InChI is InChI=1S/C23H33ClF3N5O5/c1-5-10(2)14(29-20(35)17(26)27)21(36)31-9-12-13(23(12,3)4)15(31)19(34)30-32(22(37)16(24)25)8-11-6-7-28-18(11)33/h10-17H,5-9H2,1-4H3,(H,28,33)(H,29,35)(H,30,34)/t10-,11+,12+,13+,14+,15+,16+/m1/s1. The summed E-state index contributed by atoms with van der Waals surface area (Å²) < 4.78 is 39.6. The van der Waals surface area contributed by atoms with Gasteiger partial charge in [0.25, 0.3) is 23.4 Å². The van der Waals surface area contributed by atoms with Gasteiger partial charge in [-0.3, -0.25) is 29.4 Å². The van der Waals surface area contributed by atoms with E-state index < -0.39 is 59.6 Å². The molecule has 3 rings (SSSR count). The molecular formula is C23H33ClF3N5O5. The lowest BCUT2D eigenvalue weighted by Crippen LogP contribution is -2.60. The maximum absolute atomic E-state index is 13.7. The monoisotopic (exact) mass is 551 g/mol. The summed E-state index contributed by atoms with van der Waals surface area (Å²) in [5.41, 5.74) is -0.456. The smallest absolute Gasteiger partial charge is 0.315 e. The maximum Gasteiger partial charge on any atom is 0.315 e. The van der Waals surface area contributed by atoms with Crippen molar-refractivity contribution in [3.8, 4) is 0 Å². The van der Waals surface area contributed by atoms with E-state index in [1.807, 2.05) is 13.8 Å². The Kier molecular flexibility index (Phi) is 8.65. The number of hydrogen-bond donors (Lipinski definition) is 3. The van der Waals surface area contributed by atoms with Crippen LogP contribution < -0.4 is 16.1 Å². The Hall–Kier alpha value is -2.57. The molecule has 2 saturated heterocycles. The zero-order chi connectivity index (χ0) is 27.8. The lowest BCUT2D eigenvalue weighted by molar-refractivity contribution is -0.151. The van der Waals surface area contributed by atoms with E-state index >= 15 is 0 Å². The summed E-state index contributed by atoms with van der Waals surface area (Å²) in [5.74, 6) is -6.29. The topological polar surface area (TPSA) is 128 Å². The van der Waals surface area contributed by atoms with Crippen molar-refractivity contribution in [3.05, 3.63) is 0 Å². The molecular weight excluding hydrogens is 519 g/mol. The number of nitrogens with zero attached hydrogens (tertiary/aromatic N) is 2. The molecule has 1 saturated carbocycles. The van der Waals surface area contributed by atoms with Gasteiger partial charge in [0, 0.05) is 13.1 Å². The van der Waals surface area contributed by atoms with Crippen LogP contribution in [-0.2, 0) is 24.0 Å². The predicted octanol–water partition coefficient (Wildman–Crippen LogP) is 0.796. The van der Waals surface area contributed by atoms with Crippen LogP contribution in [0, 0.1) is 29.1 Å². The Labute approximate surface area is 217 Å². The van der Waals surface area contributed by atoms with Crippen molar-refractivity contribution in [2.24, 2.45) is 29.1 Å². The number of rotatable bonds is 9. The van der Waals surface area contributed by atoms with Crippen molar-refractivity contribution in [2.75, 3.05) is 19.6 Å². The van der Waals surface area contributed by atoms with Crippen molar-refractivity contribution >= 4 is 41.1 Å². The van der Waals surface area contributed by atoms with E-state index in [1.54, 1.807) is 13.8 Å². The summed E-state index contributed by atoms with van der Waals surface area (Å²) in [6.45, 7) is 7.38. The fraction of sp³-hybridized carbons (Fsp3) is 0.783. The zero-order valence-corrected chi connectivity index (χ0v) is 21.9. The number of likely N-dealkylation sites (tertiary alicyclic amines) is 1. The number of amides is 5. The molecule has 3 fully saturated rings.